The van der Waals surface area contributed by atoms with E-state index in [-0.39, 0.29) is 5.97 Å². The summed E-state index contributed by atoms with van der Waals surface area (Å²) >= 11 is 5.64. The summed E-state index contributed by atoms with van der Waals surface area (Å²) in [6, 6.07) is 0. The van der Waals surface area contributed by atoms with E-state index < -0.39 is 0 Å². The van der Waals surface area contributed by atoms with Crippen LogP contribution in [0.25, 0.3) is 0 Å². The zero-order valence-corrected chi connectivity index (χ0v) is 14.1. The minimum Gasteiger partial charge on any atom is -0.466 e. The highest BCUT2D eigenvalue weighted by Gasteiger charge is 2.00. The van der Waals surface area contributed by atoms with E-state index in [2.05, 4.69) is 0 Å². The number of ether oxygens (including phenoxy) is 1. The molecule has 20 heavy (non-hydrogen) atoms. The van der Waals surface area contributed by atoms with Gasteiger partial charge in [-0.1, -0.05) is 64.2 Å². The molecule has 0 rings (SSSR count). The third kappa shape index (κ3) is 15.8. The highest BCUT2D eigenvalue weighted by molar-refractivity contribution is 6.17. The zero-order chi connectivity index (χ0) is 14.9. The molecule has 0 aliphatic carbocycles. The first kappa shape index (κ1) is 19.8. The number of alkyl halides is 1. The normalized spacial score (nSPS) is 10.7. The van der Waals surface area contributed by atoms with Crippen LogP contribution in [-0.4, -0.2) is 18.5 Å². The van der Waals surface area contributed by atoms with Gasteiger partial charge in [0.15, 0.2) is 0 Å². The lowest BCUT2D eigenvalue weighted by Crippen LogP contribution is -2.03. The van der Waals surface area contributed by atoms with Gasteiger partial charge in [0.2, 0.25) is 0 Å². The number of esters is 1. The Kier molecular flexibility index (Phi) is 16.6. The standard InChI is InChI=1S/C17H33ClO2/c1-2-20-17(19)15-13-11-9-7-5-3-4-6-8-10-12-14-16-18/h2-16H2,1H3. The molecule has 0 saturated heterocycles. The first-order chi connectivity index (χ1) is 9.81. The molecular formula is C17H33ClO2. The average Bonchev–Trinajstić information content (AvgIpc) is 2.44. The summed E-state index contributed by atoms with van der Waals surface area (Å²) in [6.45, 7) is 2.36. The maximum atomic E-state index is 11.1. The van der Waals surface area contributed by atoms with Gasteiger partial charge in [0.25, 0.3) is 0 Å². The molecule has 0 unspecified atom stereocenters. The third-order valence-corrected chi connectivity index (χ3v) is 3.84. The summed E-state index contributed by atoms with van der Waals surface area (Å²) in [7, 11) is 0. The third-order valence-electron chi connectivity index (χ3n) is 3.57. The molecular weight excluding hydrogens is 272 g/mol. The zero-order valence-electron chi connectivity index (χ0n) is 13.3. The summed E-state index contributed by atoms with van der Waals surface area (Å²) in [5.41, 5.74) is 0. The van der Waals surface area contributed by atoms with Gasteiger partial charge in [0.1, 0.15) is 0 Å². The maximum Gasteiger partial charge on any atom is 0.305 e. The second-order valence-corrected chi connectivity index (χ2v) is 5.86. The molecule has 0 aromatic heterocycles. The maximum absolute atomic E-state index is 11.1. The Bertz CT molecular complexity index is 207. The van der Waals surface area contributed by atoms with Gasteiger partial charge >= 0.3 is 5.97 Å². The monoisotopic (exact) mass is 304 g/mol. The van der Waals surface area contributed by atoms with Crippen LogP contribution in [0.1, 0.15) is 90.4 Å². The molecule has 0 heterocycles. The fourth-order valence-electron chi connectivity index (χ4n) is 2.36. The Labute approximate surface area is 130 Å². The minimum absolute atomic E-state index is 0.0401. The number of unbranched alkanes of at least 4 members (excludes halogenated alkanes) is 11. The van der Waals surface area contributed by atoms with Crippen molar-refractivity contribution < 1.29 is 9.53 Å². The summed E-state index contributed by atoms with van der Waals surface area (Å²) in [4.78, 5) is 11.1. The van der Waals surface area contributed by atoms with E-state index in [1.807, 2.05) is 6.92 Å². The number of carbonyl (C=O) groups is 1. The smallest absolute Gasteiger partial charge is 0.305 e. The van der Waals surface area contributed by atoms with Crippen molar-refractivity contribution in [1.29, 1.82) is 0 Å². The van der Waals surface area contributed by atoms with Crippen LogP contribution in [0.3, 0.4) is 0 Å². The van der Waals surface area contributed by atoms with Crippen LogP contribution in [0, 0.1) is 0 Å². The number of carbonyl (C=O) groups excluding carboxylic acids is 1. The van der Waals surface area contributed by atoms with Crippen molar-refractivity contribution in [1.82, 2.24) is 0 Å². The number of hydrogen-bond acceptors (Lipinski definition) is 2. The van der Waals surface area contributed by atoms with Gasteiger partial charge in [-0.05, 0) is 19.8 Å². The van der Waals surface area contributed by atoms with E-state index in [1.54, 1.807) is 0 Å². The van der Waals surface area contributed by atoms with Gasteiger partial charge in [0.05, 0.1) is 6.61 Å². The van der Waals surface area contributed by atoms with Crippen LogP contribution in [-0.2, 0) is 9.53 Å². The molecule has 0 N–H and O–H groups in total. The molecule has 0 bridgehead atoms. The van der Waals surface area contributed by atoms with E-state index in [0.717, 1.165) is 18.7 Å². The van der Waals surface area contributed by atoms with Gasteiger partial charge in [0, 0.05) is 12.3 Å². The molecule has 0 saturated carbocycles. The largest absolute Gasteiger partial charge is 0.466 e. The van der Waals surface area contributed by atoms with Crippen LogP contribution >= 0.6 is 11.6 Å². The van der Waals surface area contributed by atoms with Crippen molar-refractivity contribution >= 4 is 17.6 Å². The summed E-state index contributed by atoms with van der Waals surface area (Å²) < 4.78 is 4.90. The fraction of sp³-hybridized carbons (Fsp3) is 0.941. The number of rotatable bonds is 15. The molecule has 3 heteroatoms. The Morgan fingerprint density at radius 3 is 1.55 bits per heavy atom. The number of hydrogen-bond donors (Lipinski definition) is 0. The highest BCUT2D eigenvalue weighted by Crippen LogP contribution is 2.12. The van der Waals surface area contributed by atoms with E-state index in [4.69, 9.17) is 16.3 Å². The Hall–Kier alpha value is -0.240. The second kappa shape index (κ2) is 16.8. The van der Waals surface area contributed by atoms with Crippen molar-refractivity contribution in [3.63, 3.8) is 0 Å². The molecule has 0 aromatic rings. The van der Waals surface area contributed by atoms with E-state index in [0.29, 0.717) is 13.0 Å². The lowest BCUT2D eigenvalue weighted by atomic mass is 10.0. The van der Waals surface area contributed by atoms with Crippen LogP contribution in [0.2, 0.25) is 0 Å². The highest BCUT2D eigenvalue weighted by atomic mass is 35.5. The van der Waals surface area contributed by atoms with Crippen molar-refractivity contribution in [2.24, 2.45) is 0 Å². The van der Waals surface area contributed by atoms with Crippen LogP contribution < -0.4 is 0 Å². The van der Waals surface area contributed by atoms with Gasteiger partial charge in [-0.15, -0.1) is 11.6 Å². The topological polar surface area (TPSA) is 26.3 Å². The predicted molar refractivity (Wildman–Crippen MR) is 87.4 cm³/mol. The molecule has 120 valence electrons. The van der Waals surface area contributed by atoms with Crippen molar-refractivity contribution in [3.8, 4) is 0 Å². The van der Waals surface area contributed by atoms with Crippen LogP contribution in [0.15, 0.2) is 0 Å². The molecule has 0 radical (unpaired) electrons. The van der Waals surface area contributed by atoms with Crippen molar-refractivity contribution in [3.05, 3.63) is 0 Å². The van der Waals surface area contributed by atoms with Crippen LogP contribution in [0.4, 0.5) is 0 Å². The van der Waals surface area contributed by atoms with Gasteiger partial charge in [-0.2, -0.15) is 0 Å². The van der Waals surface area contributed by atoms with E-state index in [1.165, 1.54) is 64.2 Å². The summed E-state index contributed by atoms with van der Waals surface area (Å²) in [5.74, 6) is 0.776. The summed E-state index contributed by atoms with van der Waals surface area (Å²) in [5, 5.41) is 0. The summed E-state index contributed by atoms with van der Waals surface area (Å²) in [6.07, 6.45) is 16.0. The predicted octanol–water partition coefficient (Wildman–Crippen LogP) is 5.86. The second-order valence-electron chi connectivity index (χ2n) is 5.49. The molecule has 0 spiro atoms. The Morgan fingerprint density at radius 1 is 0.750 bits per heavy atom. The lowest BCUT2D eigenvalue weighted by Gasteiger charge is -2.03. The molecule has 2 nitrogen and oxygen atoms in total. The van der Waals surface area contributed by atoms with Crippen LogP contribution in [0.5, 0.6) is 0 Å². The molecule has 0 atom stereocenters. The Balaban J connectivity index is 3.01. The molecule has 0 amide bonds. The lowest BCUT2D eigenvalue weighted by molar-refractivity contribution is -0.143. The van der Waals surface area contributed by atoms with Gasteiger partial charge < -0.3 is 4.74 Å². The average molecular weight is 305 g/mol. The van der Waals surface area contributed by atoms with Gasteiger partial charge in [-0.3, -0.25) is 4.79 Å². The van der Waals surface area contributed by atoms with Crippen molar-refractivity contribution in [2.75, 3.05) is 12.5 Å². The number of halogens is 1. The fourth-order valence-corrected chi connectivity index (χ4v) is 2.55. The van der Waals surface area contributed by atoms with Crippen molar-refractivity contribution in [2.45, 2.75) is 90.4 Å². The van der Waals surface area contributed by atoms with E-state index >= 15 is 0 Å². The first-order valence-electron chi connectivity index (χ1n) is 8.52. The van der Waals surface area contributed by atoms with E-state index in [9.17, 15) is 4.79 Å². The molecule has 0 aromatic carbocycles. The molecule has 0 aliphatic rings. The Morgan fingerprint density at radius 2 is 1.15 bits per heavy atom. The minimum atomic E-state index is -0.0401. The first-order valence-corrected chi connectivity index (χ1v) is 9.06. The molecule has 0 aliphatic heterocycles. The SMILES string of the molecule is CCOC(=O)CCCCCCCCCCCCCCCl. The molecule has 0 fully saturated rings. The quantitative estimate of drug-likeness (QED) is 0.215. The van der Waals surface area contributed by atoms with Gasteiger partial charge in [-0.25, -0.2) is 0 Å².